The largest absolute Gasteiger partial charge is 0.456 e. The number of hydrogen-bond donors (Lipinski definition) is 0. The molecule has 2 aromatic carbocycles. The van der Waals surface area contributed by atoms with Crippen LogP contribution in [0.25, 0.3) is 0 Å². The Balaban J connectivity index is 2.35. The van der Waals surface area contributed by atoms with Gasteiger partial charge in [-0.25, -0.2) is 4.39 Å². The molecule has 1 nitrogen and oxygen atoms in total. The van der Waals surface area contributed by atoms with Crippen LogP contribution in [-0.4, -0.2) is 0 Å². The molecule has 0 saturated heterocycles. The zero-order chi connectivity index (χ0) is 14.9. The summed E-state index contributed by atoms with van der Waals surface area (Å²) in [7, 11) is 0. The second-order valence-electron chi connectivity index (χ2n) is 4.16. The molecule has 0 spiro atoms. The molecular weight excluding hydrogens is 296 g/mol. The lowest BCUT2D eigenvalue weighted by Gasteiger charge is -2.12. The summed E-state index contributed by atoms with van der Waals surface area (Å²) in [5.74, 6) is -0.607. The van der Waals surface area contributed by atoms with E-state index in [2.05, 4.69) is 0 Å². The molecule has 0 aromatic heterocycles. The summed E-state index contributed by atoms with van der Waals surface area (Å²) in [5, 5.41) is 0.0129. The third-order valence-corrected chi connectivity index (χ3v) is 2.94. The molecule has 0 aliphatic carbocycles. The van der Waals surface area contributed by atoms with Gasteiger partial charge in [0.1, 0.15) is 17.3 Å². The minimum Gasteiger partial charge on any atom is -0.456 e. The normalized spacial score (nSPS) is 11.5. The van der Waals surface area contributed by atoms with Gasteiger partial charge in [0, 0.05) is 6.07 Å². The number of halogens is 5. The molecule has 0 bridgehead atoms. The van der Waals surface area contributed by atoms with Crippen molar-refractivity contribution < 1.29 is 22.3 Å². The molecule has 0 amide bonds. The number of benzene rings is 2. The van der Waals surface area contributed by atoms with E-state index in [1.807, 2.05) is 0 Å². The first kappa shape index (κ1) is 14.7. The van der Waals surface area contributed by atoms with E-state index in [1.165, 1.54) is 12.1 Å². The first-order chi connectivity index (χ1) is 9.27. The first-order valence-electron chi connectivity index (χ1n) is 5.58. The van der Waals surface area contributed by atoms with Crippen molar-refractivity contribution in [2.24, 2.45) is 0 Å². The molecule has 0 unspecified atom stereocenters. The standard InChI is InChI=1S/C14H9ClF4O/c1-8-2-4-10(7-12(8)16)20-13-6-9(14(17,18)19)3-5-11(13)15/h2-7H,1H3. The fraction of sp³-hybridized carbons (Fsp3) is 0.143. The Hall–Kier alpha value is -1.75. The van der Waals surface area contributed by atoms with Gasteiger partial charge in [0.15, 0.2) is 0 Å². The van der Waals surface area contributed by atoms with Gasteiger partial charge in [-0.2, -0.15) is 13.2 Å². The second kappa shape index (κ2) is 5.32. The fourth-order valence-electron chi connectivity index (χ4n) is 1.52. The Morgan fingerprint density at radius 2 is 1.75 bits per heavy atom. The topological polar surface area (TPSA) is 9.23 Å². The highest BCUT2D eigenvalue weighted by molar-refractivity contribution is 6.32. The van der Waals surface area contributed by atoms with Crippen molar-refractivity contribution in [2.75, 3.05) is 0 Å². The molecule has 20 heavy (non-hydrogen) atoms. The highest BCUT2D eigenvalue weighted by atomic mass is 35.5. The molecule has 2 rings (SSSR count). The van der Waals surface area contributed by atoms with Gasteiger partial charge in [0.25, 0.3) is 0 Å². The van der Waals surface area contributed by atoms with Crippen molar-refractivity contribution in [3.05, 3.63) is 58.4 Å². The summed E-state index contributed by atoms with van der Waals surface area (Å²) in [6.07, 6.45) is -4.50. The molecule has 0 N–H and O–H groups in total. The molecule has 0 heterocycles. The van der Waals surface area contributed by atoms with Gasteiger partial charge >= 0.3 is 6.18 Å². The summed E-state index contributed by atoms with van der Waals surface area (Å²) >= 11 is 5.78. The number of ether oxygens (including phenoxy) is 1. The smallest absolute Gasteiger partial charge is 0.416 e. The van der Waals surface area contributed by atoms with Crippen molar-refractivity contribution in [1.29, 1.82) is 0 Å². The van der Waals surface area contributed by atoms with Crippen molar-refractivity contribution >= 4 is 11.6 Å². The summed E-state index contributed by atoms with van der Waals surface area (Å²) in [4.78, 5) is 0. The van der Waals surface area contributed by atoms with E-state index in [0.29, 0.717) is 5.56 Å². The zero-order valence-electron chi connectivity index (χ0n) is 10.3. The maximum atomic E-state index is 13.4. The lowest BCUT2D eigenvalue weighted by Crippen LogP contribution is -2.04. The van der Waals surface area contributed by atoms with Gasteiger partial charge < -0.3 is 4.74 Å². The molecule has 2 aromatic rings. The van der Waals surface area contributed by atoms with Crippen LogP contribution in [0.1, 0.15) is 11.1 Å². The van der Waals surface area contributed by atoms with E-state index >= 15 is 0 Å². The van der Waals surface area contributed by atoms with Crippen LogP contribution >= 0.6 is 11.6 Å². The van der Waals surface area contributed by atoms with E-state index in [-0.39, 0.29) is 16.5 Å². The lowest BCUT2D eigenvalue weighted by atomic mass is 10.2. The molecule has 0 aliphatic rings. The molecule has 0 saturated carbocycles. The van der Waals surface area contributed by atoms with Gasteiger partial charge in [-0.1, -0.05) is 17.7 Å². The summed E-state index contributed by atoms with van der Waals surface area (Å²) in [5.41, 5.74) is -0.475. The molecule has 0 aliphatic heterocycles. The highest BCUT2D eigenvalue weighted by Gasteiger charge is 2.31. The van der Waals surface area contributed by atoms with E-state index in [0.717, 1.165) is 24.3 Å². The third-order valence-electron chi connectivity index (χ3n) is 2.63. The molecular formula is C14H9ClF4O. The molecule has 0 fully saturated rings. The first-order valence-corrected chi connectivity index (χ1v) is 5.96. The number of alkyl halides is 3. The summed E-state index contributed by atoms with van der Waals surface area (Å²) in [6.45, 7) is 1.57. The van der Waals surface area contributed by atoms with Crippen LogP contribution in [0.15, 0.2) is 36.4 Å². The average molecular weight is 305 g/mol. The minimum absolute atomic E-state index is 0.0129. The number of hydrogen-bond acceptors (Lipinski definition) is 1. The Morgan fingerprint density at radius 3 is 2.35 bits per heavy atom. The Morgan fingerprint density at radius 1 is 1.05 bits per heavy atom. The van der Waals surface area contributed by atoms with Crippen LogP contribution in [0.4, 0.5) is 17.6 Å². The third kappa shape index (κ3) is 3.22. The molecule has 0 atom stereocenters. The van der Waals surface area contributed by atoms with Crippen LogP contribution in [0, 0.1) is 12.7 Å². The van der Waals surface area contributed by atoms with Gasteiger partial charge in [-0.15, -0.1) is 0 Å². The van der Waals surface area contributed by atoms with Crippen LogP contribution in [0.5, 0.6) is 11.5 Å². The van der Waals surface area contributed by atoms with E-state index in [1.54, 1.807) is 6.92 Å². The fourth-order valence-corrected chi connectivity index (χ4v) is 1.68. The van der Waals surface area contributed by atoms with Crippen LogP contribution in [-0.2, 0) is 6.18 Å². The zero-order valence-corrected chi connectivity index (χ0v) is 11.0. The predicted molar refractivity (Wildman–Crippen MR) is 67.7 cm³/mol. The Kier molecular flexibility index (Phi) is 3.90. The van der Waals surface area contributed by atoms with Gasteiger partial charge in [0.2, 0.25) is 0 Å². The van der Waals surface area contributed by atoms with Crippen LogP contribution in [0.2, 0.25) is 5.02 Å². The Bertz CT molecular complexity index is 638. The quantitative estimate of drug-likeness (QED) is 0.656. The van der Waals surface area contributed by atoms with E-state index < -0.39 is 17.6 Å². The van der Waals surface area contributed by atoms with Crippen molar-refractivity contribution in [3.8, 4) is 11.5 Å². The van der Waals surface area contributed by atoms with Gasteiger partial charge in [-0.3, -0.25) is 0 Å². The van der Waals surface area contributed by atoms with Gasteiger partial charge in [0.05, 0.1) is 10.6 Å². The van der Waals surface area contributed by atoms with E-state index in [9.17, 15) is 17.6 Å². The minimum atomic E-state index is -4.50. The molecule has 106 valence electrons. The SMILES string of the molecule is Cc1ccc(Oc2cc(C(F)(F)F)ccc2Cl)cc1F. The highest BCUT2D eigenvalue weighted by Crippen LogP contribution is 2.36. The van der Waals surface area contributed by atoms with Gasteiger partial charge in [-0.05, 0) is 36.8 Å². The number of aryl methyl sites for hydroxylation is 1. The second-order valence-corrected chi connectivity index (χ2v) is 4.56. The average Bonchev–Trinajstić information content (AvgIpc) is 2.35. The molecule has 0 radical (unpaired) electrons. The predicted octanol–water partition coefficient (Wildman–Crippen LogP) is 5.60. The maximum Gasteiger partial charge on any atom is 0.416 e. The lowest BCUT2D eigenvalue weighted by molar-refractivity contribution is -0.137. The van der Waals surface area contributed by atoms with Crippen LogP contribution < -0.4 is 4.74 Å². The Labute approximate surface area is 117 Å². The van der Waals surface area contributed by atoms with E-state index in [4.69, 9.17) is 16.3 Å². The van der Waals surface area contributed by atoms with Crippen molar-refractivity contribution in [3.63, 3.8) is 0 Å². The van der Waals surface area contributed by atoms with Crippen molar-refractivity contribution in [1.82, 2.24) is 0 Å². The number of rotatable bonds is 2. The monoisotopic (exact) mass is 304 g/mol. The molecule has 6 heteroatoms. The summed E-state index contributed by atoms with van der Waals surface area (Å²) < 4.78 is 56.4. The summed E-state index contributed by atoms with van der Waals surface area (Å²) in [6, 6.07) is 6.72. The maximum absolute atomic E-state index is 13.4. The van der Waals surface area contributed by atoms with Crippen LogP contribution in [0.3, 0.4) is 0 Å². The van der Waals surface area contributed by atoms with Crippen molar-refractivity contribution in [2.45, 2.75) is 13.1 Å².